The molecule has 3 rings (SSSR count). The highest BCUT2D eigenvalue weighted by molar-refractivity contribution is 5.50. The van der Waals surface area contributed by atoms with Crippen molar-refractivity contribution in [1.29, 1.82) is 0 Å². The van der Waals surface area contributed by atoms with Gasteiger partial charge in [-0.05, 0) is 12.8 Å². The Kier molecular flexibility index (Phi) is 3.04. The van der Waals surface area contributed by atoms with Gasteiger partial charge >= 0.3 is 0 Å². The Morgan fingerprint density at radius 1 is 1.28 bits per heavy atom. The molecule has 5 nitrogen and oxygen atoms in total. The zero-order valence-corrected chi connectivity index (χ0v) is 10.7. The summed E-state index contributed by atoms with van der Waals surface area (Å²) in [4.78, 5) is 4.41. The Morgan fingerprint density at radius 2 is 2.11 bits per heavy atom. The maximum absolute atomic E-state index is 4.41. The lowest BCUT2D eigenvalue weighted by Gasteiger charge is -2.24. The second-order valence-corrected chi connectivity index (χ2v) is 4.98. The largest absolute Gasteiger partial charge is 0.323 e. The van der Waals surface area contributed by atoms with Gasteiger partial charge in [0, 0.05) is 31.7 Å². The van der Waals surface area contributed by atoms with Gasteiger partial charge in [0.05, 0.1) is 11.9 Å². The van der Waals surface area contributed by atoms with Crippen molar-refractivity contribution in [3.8, 4) is 0 Å². The summed E-state index contributed by atoms with van der Waals surface area (Å²) in [6, 6.07) is 0.598. The minimum atomic E-state index is 0.598. The summed E-state index contributed by atoms with van der Waals surface area (Å²) in [5.41, 5.74) is 0.987. The van der Waals surface area contributed by atoms with Crippen LogP contribution in [0.1, 0.15) is 38.1 Å². The van der Waals surface area contributed by atoms with Crippen LogP contribution in [0.25, 0.3) is 0 Å². The lowest BCUT2D eigenvalue weighted by atomic mass is 9.95. The molecule has 0 radical (unpaired) electrons. The van der Waals surface area contributed by atoms with Crippen molar-refractivity contribution in [2.45, 2.75) is 38.1 Å². The monoisotopic (exact) mass is 245 g/mol. The maximum atomic E-state index is 4.41. The summed E-state index contributed by atoms with van der Waals surface area (Å²) in [5.74, 6) is 0.926. The number of hydrogen-bond donors (Lipinski definition) is 1. The van der Waals surface area contributed by atoms with Crippen LogP contribution >= 0.6 is 0 Å². The number of nitrogens with one attached hydrogen (secondary N) is 1. The van der Waals surface area contributed by atoms with E-state index in [9.17, 15) is 0 Å². The number of nitrogens with zero attached hydrogens (tertiary/aromatic N) is 4. The van der Waals surface area contributed by atoms with Crippen LogP contribution in [-0.4, -0.2) is 19.3 Å². The fourth-order valence-electron chi connectivity index (χ4n) is 2.68. The molecule has 0 spiro atoms. The summed E-state index contributed by atoms with van der Waals surface area (Å²) in [7, 11) is 1.92. The lowest BCUT2D eigenvalue weighted by Crippen LogP contribution is -2.14. The van der Waals surface area contributed by atoms with Gasteiger partial charge < -0.3 is 9.88 Å². The molecule has 0 amide bonds. The zero-order valence-electron chi connectivity index (χ0n) is 10.7. The summed E-state index contributed by atoms with van der Waals surface area (Å²) in [6.07, 6.45) is 14.3. The molecule has 1 saturated carbocycles. The van der Waals surface area contributed by atoms with Gasteiger partial charge in [0.15, 0.2) is 0 Å². The molecular weight excluding hydrogens is 226 g/mol. The molecule has 0 aliphatic heterocycles. The second-order valence-electron chi connectivity index (χ2n) is 4.98. The second kappa shape index (κ2) is 4.84. The quantitative estimate of drug-likeness (QED) is 0.904. The predicted octanol–water partition coefficient (Wildman–Crippen LogP) is 2.87. The first-order valence-corrected chi connectivity index (χ1v) is 6.61. The summed E-state index contributed by atoms with van der Waals surface area (Å²) < 4.78 is 4.06. The first kappa shape index (κ1) is 11.3. The number of hydrogen-bond acceptors (Lipinski definition) is 3. The average molecular weight is 245 g/mol. The molecule has 2 aromatic heterocycles. The third-order valence-corrected chi connectivity index (χ3v) is 3.60. The number of anilines is 2. The highest BCUT2D eigenvalue weighted by Gasteiger charge is 2.17. The number of aryl methyl sites for hydroxylation is 1. The van der Waals surface area contributed by atoms with Crippen molar-refractivity contribution in [3.05, 3.63) is 24.8 Å². The molecule has 2 heterocycles. The fourth-order valence-corrected chi connectivity index (χ4v) is 2.68. The van der Waals surface area contributed by atoms with Crippen LogP contribution in [0.2, 0.25) is 0 Å². The van der Waals surface area contributed by atoms with E-state index >= 15 is 0 Å². The molecule has 1 fully saturated rings. The minimum absolute atomic E-state index is 0.598. The van der Waals surface area contributed by atoms with Crippen molar-refractivity contribution >= 4 is 11.6 Å². The van der Waals surface area contributed by atoms with Crippen molar-refractivity contribution in [2.75, 3.05) is 5.32 Å². The molecule has 1 aliphatic carbocycles. The van der Waals surface area contributed by atoms with Crippen LogP contribution in [0.15, 0.2) is 24.8 Å². The van der Waals surface area contributed by atoms with E-state index in [0.29, 0.717) is 6.04 Å². The highest BCUT2D eigenvalue weighted by Crippen LogP contribution is 2.30. The highest BCUT2D eigenvalue weighted by atomic mass is 15.3. The SMILES string of the molecule is Cn1cc(Nc2nccn2C2CCCCC2)cn1. The molecule has 18 heavy (non-hydrogen) atoms. The van der Waals surface area contributed by atoms with E-state index < -0.39 is 0 Å². The van der Waals surface area contributed by atoms with Gasteiger partial charge in [-0.25, -0.2) is 4.98 Å². The fraction of sp³-hybridized carbons (Fsp3) is 0.538. The maximum Gasteiger partial charge on any atom is 0.207 e. The molecule has 0 bridgehead atoms. The first-order valence-electron chi connectivity index (χ1n) is 6.61. The normalized spacial score (nSPS) is 16.9. The van der Waals surface area contributed by atoms with Crippen molar-refractivity contribution in [3.63, 3.8) is 0 Å². The summed E-state index contributed by atoms with van der Waals surface area (Å²) in [5, 5.41) is 7.50. The van der Waals surface area contributed by atoms with E-state index in [-0.39, 0.29) is 0 Å². The van der Waals surface area contributed by atoms with Gasteiger partial charge in [0.1, 0.15) is 0 Å². The molecule has 0 atom stereocenters. The van der Waals surface area contributed by atoms with Gasteiger partial charge in [-0.15, -0.1) is 0 Å². The Morgan fingerprint density at radius 3 is 2.83 bits per heavy atom. The van der Waals surface area contributed by atoms with Gasteiger partial charge in [-0.3, -0.25) is 4.68 Å². The molecule has 0 unspecified atom stereocenters. The third kappa shape index (κ3) is 2.25. The molecule has 96 valence electrons. The van der Waals surface area contributed by atoms with E-state index in [0.717, 1.165) is 11.6 Å². The zero-order chi connectivity index (χ0) is 12.4. The molecule has 5 heteroatoms. The van der Waals surface area contributed by atoms with Crippen LogP contribution in [0.4, 0.5) is 11.6 Å². The smallest absolute Gasteiger partial charge is 0.207 e. The molecular formula is C13H19N5. The minimum Gasteiger partial charge on any atom is -0.323 e. The predicted molar refractivity (Wildman–Crippen MR) is 70.8 cm³/mol. The van der Waals surface area contributed by atoms with E-state index in [1.54, 1.807) is 4.68 Å². The summed E-state index contributed by atoms with van der Waals surface area (Å²) >= 11 is 0. The van der Waals surface area contributed by atoms with Gasteiger partial charge in [-0.1, -0.05) is 19.3 Å². The molecule has 1 aliphatic rings. The number of aromatic nitrogens is 4. The van der Waals surface area contributed by atoms with E-state index in [4.69, 9.17) is 0 Å². The van der Waals surface area contributed by atoms with E-state index in [1.165, 1.54) is 32.1 Å². The van der Waals surface area contributed by atoms with E-state index in [2.05, 4.69) is 26.2 Å². The van der Waals surface area contributed by atoms with Crippen LogP contribution in [0.5, 0.6) is 0 Å². The Labute approximate surface area is 107 Å². The Bertz CT molecular complexity index is 507. The Balaban J connectivity index is 1.78. The Hall–Kier alpha value is -1.78. The number of rotatable bonds is 3. The van der Waals surface area contributed by atoms with Crippen LogP contribution < -0.4 is 5.32 Å². The first-order chi connectivity index (χ1) is 8.83. The van der Waals surface area contributed by atoms with Gasteiger partial charge in [0.25, 0.3) is 0 Å². The molecule has 0 aromatic carbocycles. The van der Waals surface area contributed by atoms with Crippen LogP contribution in [0.3, 0.4) is 0 Å². The summed E-state index contributed by atoms with van der Waals surface area (Å²) in [6.45, 7) is 0. The third-order valence-electron chi connectivity index (χ3n) is 3.60. The van der Waals surface area contributed by atoms with Crippen LogP contribution in [-0.2, 0) is 7.05 Å². The standard InChI is InChI=1S/C13H19N5/c1-17-10-11(9-15-17)16-13-14-7-8-18(13)12-5-3-2-4-6-12/h7-10,12H,2-6H2,1H3,(H,14,16). The van der Waals surface area contributed by atoms with Crippen LogP contribution in [0, 0.1) is 0 Å². The molecule has 2 aromatic rings. The lowest BCUT2D eigenvalue weighted by molar-refractivity contribution is 0.356. The van der Waals surface area contributed by atoms with Crippen molar-refractivity contribution in [1.82, 2.24) is 19.3 Å². The van der Waals surface area contributed by atoms with Gasteiger partial charge in [-0.2, -0.15) is 5.10 Å². The molecule has 0 saturated heterocycles. The molecule has 1 N–H and O–H groups in total. The average Bonchev–Trinajstić information content (AvgIpc) is 3.00. The number of imidazole rings is 1. The topological polar surface area (TPSA) is 47.7 Å². The van der Waals surface area contributed by atoms with Crippen molar-refractivity contribution < 1.29 is 0 Å². The van der Waals surface area contributed by atoms with Gasteiger partial charge in [0.2, 0.25) is 5.95 Å². The van der Waals surface area contributed by atoms with E-state index in [1.807, 2.05) is 25.6 Å². The van der Waals surface area contributed by atoms with Crippen molar-refractivity contribution in [2.24, 2.45) is 7.05 Å².